The van der Waals surface area contributed by atoms with Gasteiger partial charge in [-0.25, -0.2) is 0 Å². The van der Waals surface area contributed by atoms with E-state index in [1.54, 1.807) is 24.0 Å². The van der Waals surface area contributed by atoms with Crippen molar-refractivity contribution in [3.63, 3.8) is 0 Å². The molecule has 138 valence electrons. The van der Waals surface area contributed by atoms with Crippen LogP contribution < -0.4 is 5.73 Å². The molecule has 10 heteroatoms. The van der Waals surface area contributed by atoms with Crippen LogP contribution in [0.4, 0.5) is 5.69 Å². The third kappa shape index (κ3) is 6.10. The molecule has 1 atom stereocenters. The minimum Gasteiger partial charge on any atom is -0.354 e. The molecule has 0 saturated carbocycles. The summed E-state index contributed by atoms with van der Waals surface area (Å²) in [7, 11) is 0. The highest BCUT2D eigenvalue weighted by molar-refractivity contribution is 8.22. The van der Waals surface area contributed by atoms with Crippen LogP contribution in [0.25, 0.3) is 0 Å². The second-order valence-electron chi connectivity index (χ2n) is 5.58. The Morgan fingerprint density at radius 2 is 1.80 bits per heavy atom. The Hall–Kier alpha value is -1.42. The lowest BCUT2D eigenvalue weighted by molar-refractivity contribution is -0.384. The van der Waals surface area contributed by atoms with E-state index in [4.69, 9.17) is 18.0 Å². The standard InChI is InChI=1S/C15H20N4O3S2.ClH/c1-11(16)14(20)17-6-8-18(9-7-17)15(23)24-10-12-2-4-13(5-3-12)19(21)22;/h2-5,11H,6-10,16H2,1H3;1H/t11-;/m0./s1. The largest absolute Gasteiger partial charge is 0.354 e. The van der Waals surface area contributed by atoms with Crippen LogP contribution in [0.3, 0.4) is 0 Å². The second-order valence-corrected chi connectivity index (χ2v) is 7.19. The molecule has 2 rings (SSSR count). The Balaban J connectivity index is 0.00000312. The zero-order chi connectivity index (χ0) is 17.7. The predicted octanol–water partition coefficient (Wildman–Crippen LogP) is 2.03. The fraction of sp³-hybridized carbons (Fsp3) is 0.467. The van der Waals surface area contributed by atoms with Crippen molar-refractivity contribution in [2.24, 2.45) is 5.73 Å². The molecular weight excluding hydrogens is 384 g/mol. The van der Waals surface area contributed by atoms with Gasteiger partial charge in [-0.05, 0) is 12.5 Å². The maximum Gasteiger partial charge on any atom is 0.269 e. The number of hydrogen-bond donors (Lipinski definition) is 1. The molecule has 7 nitrogen and oxygen atoms in total. The summed E-state index contributed by atoms with van der Waals surface area (Å²) in [5.41, 5.74) is 6.70. The molecule has 0 unspecified atom stereocenters. The first-order valence-corrected chi connectivity index (χ1v) is 8.97. The van der Waals surface area contributed by atoms with Crippen LogP contribution in [-0.2, 0) is 10.5 Å². The highest BCUT2D eigenvalue weighted by Gasteiger charge is 2.24. The molecule has 1 fully saturated rings. The average Bonchev–Trinajstić information content (AvgIpc) is 2.59. The Morgan fingerprint density at radius 1 is 1.28 bits per heavy atom. The number of piperazine rings is 1. The van der Waals surface area contributed by atoms with Gasteiger partial charge in [0.15, 0.2) is 0 Å². The van der Waals surface area contributed by atoms with Gasteiger partial charge in [-0.3, -0.25) is 14.9 Å². The first kappa shape index (κ1) is 21.6. The Morgan fingerprint density at radius 3 is 2.28 bits per heavy atom. The summed E-state index contributed by atoms with van der Waals surface area (Å²) in [6, 6.07) is 6.01. The molecule has 0 aromatic heterocycles. The van der Waals surface area contributed by atoms with Crippen LogP contribution in [-0.4, -0.2) is 57.2 Å². The van der Waals surface area contributed by atoms with Gasteiger partial charge in [0, 0.05) is 44.1 Å². The summed E-state index contributed by atoms with van der Waals surface area (Å²) in [4.78, 5) is 25.9. The number of non-ortho nitro benzene ring substituents is 1. The Bertz CT molecular complexity index is 620. The molecule has 0 radical (unpaired) electrons. The van der Waals surface area contributed by atoms with Crippen molar-refractivity contribution in [2.75, 3.05) is 26.2 Å². The van der Waals surface area contributed by atoms with Gasteiger partial charge in [-0.15, -0.1) is 12.4 Å². The van der Waals surface area contributed by atoms with Crippen molar-refractivity contribution < 1.29 is 9.72 Å². The van der Waals surface area contributed by atoms with E-state index in [9.17, 15) is 14.9 Å². The second kappa shape index (κ2) is 9.91. The lowest BCUT2D eigenvalue weighted by Gasteiger charge is -2.36. The normalized spacial score (nSPS) is 15.3. The topological polar surface area (TPSA) is 92.7 Å². The number of carbonyl (C=O) groups excluding carboxylic acids is 1. The summed E-state index contributed by atoms with van der Waals surface area (Å²) in [5, 5.41) is 10.6. The number of halogens is 1. The zero-order valence-electron chi connectivity index (χ0n) is 13.8. The molecule has 1 aliphatic heterocycles. The maximum atomic E-state index is 11.9. The number of thiocarbonyl (C=S) groups is 1. The van der Waals surface area contributed by atoms with Crippen LogP contribution in [0.1, 0.15) is 12.5 Å². The van der Waals surface area contributed by atoms with Crippen LogP contribution >= 0.6 is 36.4 Å². The molecule has 1 aromatic carbocycles. The van der Waals surface area contributed by atoms with Gasteiger partial charge in [0.2, 0.25) is 5.91 Å². The first-order chi connectivity index (χ1) is 11.4. The van der Waals surface area contributed by atoms with E-state index < -0.39 is 11.0 Å². The molecular formula is C15H21ClN4O3S2. The zero-order valence-corrected chi connectivity index (χ0v) is 16.2. The minimum absolute atomic E-state index is 0. The summed E-state index contributed by atoms with van der Waals surface area (Å²) in [6.45, 7) is 4.34. The van der Waals surface area contributed by atoms with Crippen molar-refractivity contribution >= 4 is 52.3 Å². The van der Waals surface area contributed by atoms with Gasteiger partial charge in [0.25, 0.3) is 5.69 Å². The molecule has 0 spiro atoms. The van der Waals surface area contributed by atoms with Gasteiger partial charge >= 0.3 is 0 Å². The highest BCUT2D eigenvalue weighted by atomic mass is 35.5. The Kier molecular flexibility index (Phi) is 8.57. The van der Waals surface area contributed by atoms with Gasteiger partial charge in [0.1, 0.15) is 4.32 Å². The van der Waals surface area contributed by atoms with Crippen molar-refractivity contribution in [1.29, 1.82) is 0 Å². The molecule has 25 heavy (non-hydrogen) atoms. The van der Waals surface area contributed by atoms with Crippen molar-refractivity contribution in [3.8, 4) is 0 Å². The number of nitro groups is 1. The quantitative estimate of drug-likeness (QED) is 0.466. The van der Waals surface area contributed by atoms with Gasteiger partial charge in [-0.1, -0.05) is 36.1 Å². The number of benzene rings is 1. The van der Waals surface area contributed by atoms with Gasteiger partial charge in [0.05, 0.1) is 11.0 Å². The van der Waals surface area contributed by atoms with E-state index in [2.05, 4.69) is 4.90 Å². The number of nitro benzene ring substituents is 1. The summed E-state index contributed by atoms with van der Waals surface area (Å²) < 4.78 is 0.779. The van der Waals surface area contributed by atoms with E-state index in [1.165, 1.54) is 23.9 Å². The number of hydrogen-bond acceptors (Lipinski definition) is 6. The van der Waals surface area contributed by atoms with E-state index in [-0.39, 0.29) is 24.0 Å². The molecule has 1 amide bonds. The number of nitrogens with zero attached hydrogens (tertiary/aromatic N) is 3. The van der Waals surface area contributed by atoms with Crippen molar-refractivity contribution in [1.82, 2.24) is 9.80 Å². The maximum absolute atomic E-state index is 11.9. The molecule has 1 aliphatic rings. The highest BCUT2D eigenvalue weighted by Crippen LogP contribution is 2.20. The summed E-state index contributed by atoms with van der Waals surface area (Å²) >= 11 is 6.97. The fourth-order valence-electron chi connectivity index (χ4n) is 2.35. The van der Waals surface area contributed by atoms with E-state index >= 15 is 0 Å². The third-order valence-corrected chi connectivity index (χ3v) is 5.34. The summed E-state index contributed by atoms with van der Waals surface area (Å²) in [6.07, 6.45) is 0. The van der Waals surface area contributed by atoms with Crippen LogP contribution in [0.5, 0.6) is 0 Å². The van der Waals surface area contributed by atoms with Crippen LogP contribution in [0, 0.1) is 10.1 Å². The lowest BCUT2D eigenvalue weighted by atomic mass is 10.2. The minimum atomic E-state index is -0.472. The molecule has 0 bridgehead atoms. The first-order valence-electron chi connectivity index (χ1n) is 7.58. The lowest BCUT2D eigenvalue weighted by Crippen LogP contribution is -2.53. The van der Waals surface area contributed by atoms with Crippen LogP contribution in [0.15, 0.2) is 24.3 Å². The number of carbonyl (C=O) groups is 1. The molecule has 2 N–H and O–H groups in total. The third-order valence-electron chi connectivity index (χ3n) is 3.75. The number of nitrogens with two attached hydrogens (primary N) is 1. The molecule has 1 heterocycles. The predicted molar refractivity (Wildman–Crippen MR) is 106 cm³/mol. The number of thioether (sulfide) groups is 1. The van der Waals surface area contributed by atoms with Crippen molar-refractivity contribution in [3.05, 3.63) is 39.9 Å². The SMILES string of the molecule is C[C@H](N)C(=O)N1CCN(C(=S)SCc2ccc([N+](=O)[O-])cc2)CC1.Cl. The summed E-state index contributed by atoms with van der Waals surface area (Å²) in [5.74, 6) is 0.634. The van der Waals surface area contributed by atoms with Crippen molar-refractivity contribution in [2.45, 2.75) is 18.7 Å². The van der Waals surface area contributed by atoms with E-state index in [1.807, 2.05) is 0 Å². The average molecular weight is 405 g/mol. The van der Waals surface area contributed by atoms with Gasteiger partial charge < -0.3 is 15.5 Å². The molecule has 0 aliphatic carbocycles. The number of rotatable bonds is 4. The molecule has 1 saturated heterocycles. The molecule has 1 aromatic rings. The van der Waals surface area contributed by atoms with E-state index in [0.717, 1.165) is 9.88 Å². The fourth-order valence-corrected chi connectivity index (χ4v) is 3.55. The number of amides is 1. The van der Waals surface area contributed by atoms with Gasteiger partial charge in [-0.2, -0.15) is 0 Å². The Labute approximate surface area is 162 Å². The monoisotopic (exact) mass is 404 g/mol. The van der Waals surface area contributed by atoms with Crippen LogP contribution in [0.2, 0.25) is 0 Å². The smallest absolute Gasteiger partial charge is 0.269 e. The van der Waals surface area contributed by atoms with E-state index in [0.29, 0.717) is 31.9 Å².